The van der Waals surface area contributed by atoms with Gasteiger partial charge in [-0.3, -0.25) is 4.79 Å². The van der Waals surface area contributed by atoms with Gasteiger partial charge in [-0.15, -0.1) is 11.3 Å². The lowest BCUT2D eigenvalue weighted by molar-refractivity contribution is -0.118. The maximum absolute atomic E-state index is 11.9. The summed E-state index contributed by atoms with van der Waals surface area (Å²) in [6.07, 6.45) is 0.857. The van der Waals surface area contributed by atoms with Crippen LogP contribution in [0.25, 0.3) is 0 Å². The van der Waals surface area contributed by atoms with Crippen LogP contribution in [-0.2, 0) is 11.2 Å². The standard InChI is InChI=1S/C14H14BrNOS/c15-14-7-6-12(18-14)8-11(17)9-13(16)10-4-2-1-3-5-10/h1-7,13H,8-9,16H2. The molecule has 0 aliphatic rings. The Balaban J connectivity index is 1.92. The van der Waals surface area contributed by atoms with Crippen LogP contribution in [0.3, 0.4) is 0 Å². The summed E-state index contributed by atoms with van der Waals surface area (Å²) in [6.45, 7) is 0. The van der Waals surface area contributed by atoms with Gasteiger partial charge in [0, 0.05) is 23.8 Å². The van der Waals surface area contributed by atoms with Crippen molar-refractivity contribution in [1.29, 1.82) is 0 Å². The first kappa shape index (κ1) is 13.5. The summed E-state index contributed by atoms with van der Waals surface area (Å²) in [4.78, 5) is 13.0. The largest absolute Gasteiger partial charge is 0.324 e. The van der Waals surface area contributed by atoms with Gasteiger partial charge in [0.25, 0.3) is 0 Å². The highest BCUT2D eigenvalue weighted by Gasteiger charge is 2.12. The number of ketones is 1. The summed E-state index contributed by atoms with van der Waals surface area (Å²) in [7, 11) is 0. The third-order valence-electron chi connectivity index (χ3n) is 2.68. The first-order valence-corrected chi connectivity index (χ1v) is 7.32. The van der Waals surface area contributed by atoms with E-state index in [0.717, 1.165) is 14.2 Å². The number of thiophene rings is 1. The maximum Gasteiger partial charge on any atom is 0.139 e. The van der Waals surface area contributed by atoms with Gasteiger partial charge in [-0.25, -0.2) is 0 Å². The molecule has 2 N–H and O–H groups in total. The molecule has 0 aliphatic heterocycles. The van der Waals surface area contributed by atoms with Gasteiger partial charge in [-0.2, -0.15) is 0 Å². The molecule has 1 aromatic carbocycles. The van der Waals surface area contributed by atoms with Crippen LogP contribution in [0.15, 0.2) is 46.3 Å². The van der Waals surface area contributed by atoms with Gasteiger partial charge in [0.1, 0.15) is 5.78 Å². The van der Waals surface area contributed by atoms with Gasteiger partial charge in [-0.05, 0) is 33.6 Å². The molecule has 0 saturated carbocycles. The highest BCUT2D eigenvalue weighted by molar-refractivity contribution is 9.11. The molecule has 1 atom stereocenters. The number of hydrogen-bond acceptors (Lipinski definition) is 3. The molecule has 0 radical (unpaired) electrons. The minimum Gasteiger partial charge on any atom is -0.324 e. The van der Waals surface area contributed by atoms with Crippen molar-refractivity contribution in [3.05, 3.63) is 56.7 Å². The molecule has 0 saturated heterocycles. The van der Waals surface area contributed by atoms with Gasteiger partial charge in [0.15, 0.2) is 0 Å². The molecule has 1 aromatic heterocycles. The Bertz CT molecular complexity index is 524. The summed E-state index contributed by atoms with van der Waals surface area (Å²) in [6, 6.07) is 13.5. The molecule has 0 fully saturated rings. The van der Waals surface area contributed by atoms with Crippen molar-refractivity contribution in [2.24, 2.45) is 5.73 Å². The lowest BCUT2D eigenvalue weighted by Crippen LogP contribution is -2.16. The second-order valence-electron chi connectivity index (χ2n) is 4.14. The molecular formula is C14H14BrNOS. The quantitative estimate of drug-likeness (QED) is 0.911. The number of Topliss-reactive ketones (excluding diaryl/α,β-unsaturated/α-hetero) is 1. The Hall–Kier alpha value is -0.970. The van der Waals surface area contributed by atoms with E-state index in [9.17, 15) is 4.79 Å². The Morgan fingerprint density at radius 3 is 2.56 bits per heavy atom. The van der Waals surface area contributed by atoms with Crippen molar-refractivity contribution in [2.75, 3.05) is 0 Å². The van der Waals surface area contributed by atoms with Crippen LogP contribution in [0, 0.1) is 0 Å². The number of carbonyl (C=O) groups excluding carboxylic acids is 1. The Morgan fingerprint density at radius 1 is 1.22 bits per heavy atom. The highest BCUT2D eigenvalue weighted by Crippen LogP contribution is 2.23. The molecule has 0 amide bonds. The molecule has 94 valence electrons. The van der Waals surface area contributed by atoms with E-state index in [2.05, 4.69) is 15.9 Å². The molecule has 1 unspecified atom stereocenters. The predicted molar refractivity (Wildman–Crippen MR) is 78.7 cm³/mol. The first-order valence-electron chi connectivity index (χ1n) is 5.71. The number of nitrogens with two attached hydrogens (primary N) is 1. The second kappa shape index (κ2) is 6.27. The molecule has 1 heterocycles. The number of hydrogen-bond donors (Lipinski definition) is 1. The van der Waals surface area contributed by atoms with Crippen molar-refractivity contribution in [3.63, 3.8) is 0 Å². The summed E-state index contributed by atoms with van der Waals surface area (Å²) in [5, 5.41) is 0. The Kier molecular flexibility index (Phi) is 4.69. The normalized spacial score (nSPS) is 12.3. The topological polar surface area (TPSA) is 43.1 Å². The summed E-state index contributed by atoms with van der Waals surface area (Å²) in [5.41, 5.74) is 7.04. The minimum absolute atomic E-state index is 0.181. The average molecular weight is 324 g/mol. The van der Waals surface area contributed by atoms with Gasteiger partial charge in [-0.1, -0.05) is 30.3 Å². The van der Waals surface area contributed by atoms with E-state index < -0.39 is 0 Å². The maximum atomic E-state index is 11.9. The van der Waals surface area contributed by atoms with Crippen LogP contribution in [0.1, 0.15) is 22.9 Å². The molecule has 2 aromatic rings. The molecule has 0 spiro atoms. The van der Waals surface area contributed by atoms with Crippen molar-refractivity contribution in [3.8, 4) is 0 Å². The molecule has 0 bridgehead atoms. The van der Waals surface area contributed by atoms with Crippen molar-refractivity contribution < 1.29 is 4.79 Å². The average Bonchev–Trinajstić information content (AvgIpc) is 2.75. The van der Waals surface area contributed by atoms with E-state index in [1.165, 1.54) is 0 Å². The van der Waals surface area contributed by atoms with Crippen molar-refractivity contribution >= 4 is 33.0 Å². The Morgan fingerprint density at radius 2 is 1.94 bits per heavy atom. The van der Waals surface area contributed by atoms with Crippen LogP contribution in [0.4, 0.5) is 0 Å². The van der Waals surface area contributed by atoms with E-state index in [1.54, 1.807) is 11.3 Å². The number of rotatable bonds is 5. The second-order valence-corrected chi connectivity index (χ2v) is 6.69. The minimum atomic E-state index is -0.206. The zero-order chi connectivity index (χ0) is 13.0. The lowest BCUT2D eigenvalue weighted by Gasteiger charge is -2.10. The van der Waals surface area contributed by atoms with Crippen molar-refractivity contribution in [2.45, 2.75) is 18.9 Å². The van der Waals surface area contributed by atoms with E-state index in [1.807, 2.05) is 42.5 Å². The van der Waals surface area contributed by atoms with Crippen LogP contribution < -0.4 is 5.73 Å². The smallest absolute Gasteiger partial charge is 0.139 e. The molecule has 0 aliphatic carbocycles. The molecule has 4 heteroatoms. The molecule has 2 nitrogen and oxygen atoms in total. The number of halogens is 1. The molecule has 18 heavy (non-hydrogen) atoms. The monoisotopic (exact) mass is 323 g/mol. The molecule has 2 rings (SSSR count). The van der Waals surface area contributed by atoms with Crippen LogP contribution in [0.5, 0.6) is 0 Å². The van der Waals surface area contributed by atoms with Crippen LogP contribution >= 0.6 is 27.3 Å². The zero-order valence-corrected chi connectivity index (χ0v) is 12.2. The zero-order valence-electron chi connectivity index (χ0n) is 9.80. The summed E-state index contributed by atoms with van der Waals surface area (Å²) < 4.78 is 1.05. The fraction of sp³-hybridized carbons (Fsp3) is 0.214. The summed E-state index contributed by atoms with van der Waals surface area (Å²) >= 11 is 4.99. The van der Waals surface area contributed by atoms with Gasteiger partial charge in [0.05, 0.1) is 3.79 Å². The van der Waals surface area contributed by atoms with Gasteiger partial charge in [0.2, 0.25) is 0 Å². The fourth-order valence-corrected chi connectivity index (χ4v) is 3.29. The van der Waals surface area contributed by atoms with Crippen LogP contribution in [-0.4, -0.2) is 5.78 Å². The SMILES string of the molecule is NC(CC(=O)Cc1ccc(Br)s1)c1ccccc1. The van der Waals surface area contributed by atoms with E-state index in [4.69, 9.17) is 5.73 Å². The van der Waals surface area contributed by atoms with Gasteiger partial charge < -0.3 is 5.73 Å². The Labute approximate surface area is 119 Å². The van der Waals surface area contributed by atoms with E-state index in [0.29, 0.717) is 12.8 Å². The lowest BCUT2D eigenvalue weighted by atomic mass is 10.0. The number of benzene rings is 1. The van der Waals surface area contributed by atoms with Gasteiger partial charge >= 0.3 is 0 Å². The van der Waals surface area contributed by atoms with E-state index >= 15 is 0 Å². The molecular weight excluding hydrogens is 310 g/mol. The number of carbonyl (C=O) groups is 1. The summed E-state index contributed by atoms with van der Waals surface area (Å²) in [5.74, 6) is 0.181. The fourth-order valence-electron chi connectivity index (χ4n) is 1.78. The van der Waals surface area contributed by atoms with Crippen molar-refractivity contribution in [1.82, 2.24) is 0 Å². The third kappa shape index (κ3) is 3.77. The third-order valence-corrected chi connectivity index (χ3v) is 4.30. The van der Waals surface area contributed by atoms with Crippen LogP contribution in [0.2, 0.25) is 0 Å². The highest BCUT2D eigenvalue weighted by atomic mass is 79.9. The first-order chi connectivity index (χ1) is 8.65. The van der Waals surface area contributed by atoms with E-state index in [-0.39, 0.29) is 11.8 Å². The predicted octanol–water partition coefficient (Wildman–Crippen LogP) is 3.71.